The maximum atomic E-state index is 10.8. The second-order valence-corrected chi connectivity index (χ2v) is 5.21. The van der Waals surface area contributed by atoms with Gasteiger partial charge in [-0.1, -0.05) is 0 Å². The van der Waals surface area contributed by atoms with Gasteiger partial charge in [0.15, 0.2) is 0 Å². The Bertz CT molecular complexity index is 265. The Hall–Kier alpha value is -0.460. The highest BCUT2D eigenvalue weighted by atomic mass is 31.2. The number of hydrogen-bond donors (Lipinski definition) is 4. The number of nitrogens with zero attached hydrogens (tertiary/aromatic N) is 1. The van der Waals surface area contributed by atoms with E-state index in [2.05, 4.69) is 0 Å². The minimum atomic E-state index is -5.14. The Morgan fingerprint density at radius 2 is 1.62 bits per heavy atom. The Kier molecular flexibility index (Phi) is 2.93. The van der Waals surface area contributed by atoms with Crippen LogP contribution in [-0.2, 0) is 9.36 Å². The van der Waals surface area contributed by atoms with Crippen molar-refractivity contribution in [3.05, 3.63) is 0 Å². The van der Waals surface area contributed by atoms with Crippen molar-refractivity contribution in [3.63, 3.8) is 0 Å². The number of hydrogen-bond acceptors (Lipinski definition) is 3. The Balaban J connectivity index is 5.49. The SMILES string of the molecule is C[N+](C)(C)C(O)(C(=O)O)P(=O)(O)O. The van der Waals surface area contributed by atoms with Crippen molar-refractivity contribution >= 4 is 13.6 Å². The predicted molar refractivity (Wildman–Crippen MR) is 42.7 cm³/mol. The van der Waals surface area contributed by atoms with Gasteiger partial charge >= 0.3 is 19.0 Å². The van der Waals surface area contributed by atoms with Gasteiger partial charge in [0.2, 0.25) is 0 Å². The molecule has 0 fully saturated rings. The lowest BCUT2D eigenvalue weighted by atomic mass is 10.4. The zero-order chi connectivity index (χ0) is 11.1. The number of likely N-dealkylation sites (N-methyl/N-ethyl adjacent to an activating group) is 1. The summed E-state index contributed by atoms with van der Waals surface area (Å²) in [6.07, 6.45) is 0. The molecule has 0 radical (unpaired) electrons. The van der Waals surface area contributed by atoms with Crippen molar-refractivity contribution in [1.29, 1.82) is 0 Å². The molecule has 13 heavy (non-hydrogen) atoms. The Morgan fingerprint density at radius 1 is 1.31 bits per heavy atom. The highest BCUT2D eigenvalue weighted by Crippen LogP contribution is 2.52. The molecular weight excluding hydrogens is 201 g/mol. The molecule has 0 aliphatic rings. The van der Waals surface area contributed by atoms with Gasteiger partial charge in [0, 0.05) is 0 Å². The molecule has 0 aliphatic carbocycles. The number of rotatable bonds is 3. The van der Waals surface area contributed by atoms with E-state index < -0.39 is 23.5 Å². The molecule has 0 amide bonds. The van der Waals surface area contributed by atoms with Gasteiger partial charge in [-0.25, -0.2) is 9.36 Å². The van der Waals surface area contributed by atoms with E-state index in [0.717, 1.165) is 0 Å². The molecule has 4 N–H and O–H groups in total. The zero-order valence-electron chi connectivity index (χ0n) is 7.50. The van der Waals surface area contributed by atoms with E-state index in [1.165, 1.54) is 21.1 Å². The van der Waals surface area contributed by atoms with Crippen molar-refractivity contribution < 1.29 is 33.8 Å². The Labute approximate surface area is 75.0 Å². The van der Waals surface area contributed by atoms with E-state index in [4.69, 9.17) is 14.9 Å². The first-order valence-electron chi connectivity index (χ1n) is 3.27. The molecule has 0 bridgehead atoms. The second-order valence-electron chi connectivity index (χ2n) is 3.50. The molecule has 7 nitrogen and oxygen atoms in total. The molecule has 0 aromatic carbocycles. The maximum Gasteiger partial charge on any atom is 0.427 e. The lowest BCUT2D eigenvalue weighted by molar-refractivity contribution is -0.923. The fourth-order valence-electron chi connectivity index (χ4n) is 0.802. The standard InChI is InChI=1S/C5H12NO6P/c1-6(2,3)5(9,4(7)8)13(10,11)12/h9H,1-3H3,(H2-,7,8,10,11,12)/p+1. The maximum absolute atomic E-state index is 10.8. The minimum absolute atomic E-state index is 0.785. The molecule has 0 heterocycles. The van der Waals surface area contributed by atoms with Crippen LogP contribution in [0.2, 0.25) is 0 Å². The summed E-state index contributed by atoms with van der Waals surface area (Å²) in [5.74, 6) is -1.95. The van der Waals surface area contributed by atoms with Crippen LogP contribution in [0, 0.1) is 0 Å². The first kappa shape index (κ1) is 12.5. The van der Waals surface area contributed by atoms with Crippen LogP contribution in [0.25, 0.3) is 0 Å². The van der Waals surface area contributed by atoms with Gasteiger partial charge < -0.3 is 20.0 Å². The van der Waals surface area contributed by atoms with Crippen LogP contribution < -0.4 is 0 Å². The number of carboxylic acid groups (broad SMARTS) is 1. The van der Waals surface area contributed by atoms with Crippen LogP contribution in [0.15, 0.2) is 0 Å². The van der Waals surface area contributed by atoms with Gasteiger partial charge in [-0.15, -0.1) is 0 Å². The number of carboxylic acids is 1. The van der Waals surface area contributed by atoms with Crippen LogP contribution >= 0.6 is 7.60 Å². The van der Waals surface area contributed by atoms with Gasteiger partial charge in [-0.3, -0.25) is 4.48 Å². The van der Waals surface area contributed by atoms with Gasteiger partial charge in [0.05, 0.1) is 21.1 Å². The average molecular weight is 214 g/mol. The molecule has 0 aromatic heterocycles. The van der Waals surface area contributed by atoms with E-state index in [-0.39, 0.29) is 0 Å². The van der Waals surface area contributed by atoms with Gasteiger partial charge in [0.25, 0.3) is 0 Å². The molecule has 0 aromatic rings. The summed E-state index contributed by atoms with van der Waals surface area (Å²) in [6.45, 7) is 0. The van der Waals surface area contributed by atoms with Gasteiger partial charge in [0.1, 0.15) is 0 Å². The van der Waals surface area contributed by atoms with Crippen molar-refractivity contribution in [2.45, 2.75) is 5.47 Å². The van der Waals surface area contributed by atoms with Gasteiger partial charge in [-0.05, 0) is 0 Å². The van der Waals surface area contributed by atoms with Crippen molar-refractivity contribution in [3.8, 4) is 0 Å². The van der Waals surface area contributed by atoms with Crippen molar-refractivity contribution in [1.82, 2.24) is 0 Å². The quantitative estimate of drug-likeness (QED) is 0.261. The highest BCUT2D eigenvalue weighted by Gasteiger charge is 2.64. The summed E-state index contributed by atoms with van der Waals surface area (Å²) < 4.78 is 10.0. The molecule has 0 saturated carbocycles. The monoisotopic (exact) mass is 214 g/mol. The summed E-state index contributed by atoms with van der Waals surface area (Å²) in [7, 11) is -1.62. The minimum Gasteiger partial charge on any atom is -0.474 e. The van der Waals surface area contributed by atoms with E-state index in [9.17, 15) is 14.5 Å². The topological polar surface area (TPSA) is 115 Å². The van der Waals surface area contributed by atoms with Crippen molar-refractivity contribution in [2.75, 3.05) is 21.1 Å². The lowest BCUT2D eigenvalue weighted by Crippen LogP contribution is -2.61. The lowest BCUT2D eigenvalue weighted by Gasteiger charge is -2.37. The predicted octanol–water partition coefficient (Wildman–Crippen LogP) is -1.40. The van der Waals surface area contributed by atoms with Crippen LogP contribution in [0.5, 0.6) is 0 Å². The summed E-state index contributed by atoms with van der Waals surface area (Å²) >= 11 is 0. The summed E-state index contributed by atoms with van der Waals surface area (Å²) in [4.78, 5) is 28.0. The fraction of sp³-hybridized carbons (Fsp3) is 0.800. The van der Waals surface area contributed by atoms with E-state index in [1.54, 1.807) is 0 Å². The molecule has 0 aliphatic heterocycles. The number of quaternary nitrogens is 1. The zero-order valence-corrected chi connectivity index (χ0v) is 8.39. The van der Waals surface area contributed by atoms with E-state index >= 15 is 0 Å². The average Bonchev–Trinajstić information content (AvgIpc) is 1.80. The summed E-state index contributed by atoms with van der Waals surface area (Å²) in [5, 5.41) is 17.9. The first-order chi connectivity index (χ1) is 5.44. The highest BCUT2D eigenvalue weighted by molar-refractivity contribution is 7.54. The molecule has 0 rings (SSSR count). The molecule has 0 spiro atoms. The third-order valence-electron chi connectivity index (χ3n) is 1.63. The third kappa shape index (κ3) is 1.90. The first-order valence-corrected chi connectivity index (χ1v) is 4.89. The molecule has 0 saturated heterocycles. The molecular formula is C5H13NO6P+. The number of aliphatic hydroxyl groups is 1. The number of aliphatic carboxylic acids is 1. The summed E-state index contributed by atoms with van der Waals surface area (Å²) in [5.41, 5.74) is -3.10. The van der Waals surface area contributed by atoms with Crippen molar-refractivity contribution in [2.24, 2.45) is 0 Å². The molecule has 78 valence electrons. The van der Waals surface area contributed by atoms with E-state index in [1.807, 2.05) is 0 Å². The third-order valence-corrected chi connectivity index (χ3v) is 3.23. The van der Waals surface area contributed by atoms with Crippen LogP contribution in [0.4, 0.5) is 0 Å². The Morgan fingerprint density at radius 3 is 1.62 bits per heavy atom. The van der Waals surface area contributed by atoms with Crippen LogP contribution in [0.1, 0.15) is 0 Å². The van der Waals surface area contributed by atoms with Crippen LogP contribution in [0.3, 0.4) is 0 Å². The largest absolute Gasteiger partial charge is 0.474 e. The summed E-state index contributed by atoms with van der Waals surface area (Å²) in [6, 6.07) is 0. The molecule has 8 heteroatoms. The number of carbonyl (C=O) groups is 1. The smallest absolute Gasteiger partial charge is 0.427 e. The van der Waals surface area contributed by atoms with E-state index in [0.29, 0.717) is 0 Å². The fourth-order valence-corrected chi connectivity index (χ4v) is 1.83. The van der Waals surface area contributed by atoms with Gasteiger partial charge in [-0.2, -0.15) is 0 Å². The second kappa shape index (κ2) is 3.04. The molecule has 1 unspecified atom stereocenters. The normalized spacial score (nSPS) is 18.0. The van der Waals surface area contributed by atoms with Crippen LogP contribution in [-0.4, -0.2) is 57.1 Å². The molecule has 1 atom stereocenters.